The predicted octanol–water partition coefficient (Wildman–Crippen LogP) is 1.49. The molecule has 0 heterocycles. The van der Waals surface area contributed by atoms with E-state index in [9.17, 15) is 0 Å². The zero-order chi connectivity index (χ0) is 11.6. The molecule has 1 unspecified atom stereocenters. The Morgan fingerprint density at radius 1 is 1.44 bits per heavy atom. The summed E-state index contributed by atoms with van der Waals surface area (Å²) in [6, 6.07) is 8.00. The molecule has 1 aliphatic carbocycles. The molecule has 0 saturated heterocycles. The molecule has 1 saturated carbocycles. The minimum atomic E-state index is 0.0879. The van der Waals surface area contributed by atoms with Gasteiger partial charge >= 0.3 is 0 Å². The van der Waals surface area contributed by atoms with Crippen LogP contribution in [0.3, 0.4) is 0 Å². The molecule has 1 atom stereocenters. The fraction of sp³-hybridized carbons (Fsp3) is 0.538. The molecule has 2 rings (SSSR count). The molecule has 3 heteroatoms. The van der Waals surface area contributed by atoms with Crippen LogP contribution in [-0.4, -0.2) is 12.1 Å². The maximum absolute atomic E-state index is 5.85. The van der Waals surface area contributed by atoms with Crippen LogP contribution in [0, 0.1) is 5.92 Å². The van der Waals surface area contributed by atoms with Crippen LogP contribution in [-0.2, 0) is 6.54 Å². The van der Waals surface area contributed by atoms with Crippen molar-refractivity contribution in [1.29, 1.82) is 0 Å². The highest BCUT2D eigenvalue weighted by molar-refractivity contribution is 5.40. The fourth-order valence-electron chi connectivity index (χ4n) is 2.11. The Labute approximate surface area is 97.2 Å². The monoisotopic (exact) mass is 219 g/mol. The molecule has 3 nitrogen and oxygen atoms in total. The first kappa shape index (κ1) is 11.4. The van der Waals surface area contributed by atoms with E-state index in [1.807, 2.05) is 18.2 Å². The summed E-state index contributed by atoms with van der Waals surface area (Å²) in [6.45, 7) is 3.76. The van der Waals surface area contributed by atoms with Gasteiger partial charge in [-0.15, -0.1) is 0 Å². The second kappa shape index (κ2) is 4.44. The van der Waals surface area contributed by atoms with E-state index in [0.29, 0.717) is 6.54 Å². The minimum Gasteiger partial charge on any atom is -0.399 e. The summed E-state index contributed by atoms with van der Waals surface area (Å²) < 4.78 is 0. The van der Waals surface area contributed by atoms with Crippen LogP contribution in [0.15, 0.2) is 24.3 Å². The molecule has 0 aromatic heterocycles. The van der Waals surface area contributed by atoms with E-state index < -0.39 is 0 Å². The SMILES string of the molecule is CC(CN)(NCc1cccc(N)c1)C1CC1. The molecular formula is C13H21N3. The van der Waals surface area contributed by atoms with Gasteiger partial charge in [-0.25, -0.2) is 0 Å². The first-order chi connectivity index (χ1) is 7.64. The van der Waals surface area contributed by atoms with Gasteiger partial charge in [-0.1, -0.05) is 12.1 Å². The number of hydrogen-bond donors (Lipinski definition) is 3. The molecule has 88 valence electrons. The van der Waals surface area contributed by atoms with Crippen molar-refractivity contribution in [2.24, 2.45) is 11.7 Å². The van der Waals surface area contributed by atoms with Crippen LogP contribution in [0.1, 0.15) is 25.3 Å². The molecule has 5 N–H and O–H groups in total. The van der Waals surface area contributed by atoms with Crippen molar-refractivity contribution in [3.63, 3.8) is 0 Å². The smallest absolute Gasteiger partial charge is 0.0317 e. The van der Waals surface area contributed by atoms with Gasteiger partial charge in [0.05, 0.1) is 0 Å². The second-order valence-corrected chi connectivity index (χ2v) is 4.99. The van der Waals surface area contributed by atoms with Crippen LogP contribution >= 0.6 is 0 Å². The Bertz CT molecular complexity index is 360. The number of benzene rings is 1. The van der Waals surface area contributed by atoms with E-state index in [1.54, 1.807) is 0 Å². The molecule has 0 bridgehead atoms. The molecule has 1 aromatic rings. The van der Waals surface area contributed by atoms with E-state index in [2.05, 4.69) is 18.3 Å². The van der Waals surface area contributed by atoms with Gasteiger partial charge in [-0.05, 0) is 43.4 Å². The zero-order valence-electron chi connectivity index (χ0n) is 9.87. The molecule has 0 spiro atoms. The number of rotatable bonds is 5. The highest BCUT2D eigenvalue weighted by Gasteiger charge is 2.39. The lowest BCUT2D eigenvalue weighted by Gasteiger charge is -2.29. The van der Waals surface area contributed by atoms with Gasteiger partial charge in [0, 0.05) is 24.3 Å². The summed E-state index contributed by atoms with van der Waals surface area (Å²) in [4.78, 5) is 0. The van der Waals surface area contributed by atoms with E-state index in [4.69, 9.17) is 11.5 Å². The van der Waals surface area contributed by atoms with E-state index in [1.165, 1.54) is 18.4 Å². The molecule has 16 heavy (non-hydrogen) atoms. The maximum atomic E-state index is 5.85. The topological polar surface area (TPSA) is 64.1 Å². The van der Waals surface area contributed by atoms with Crippen molar-refractivity contribution in [3.8, 4) is 0 Å². The van der Waals surface area contributed by atoms with Crippen LogP contribution in [0.4, 0.5) is 5.69 Å². The average molecular weight is 219 g/mol. The number of hydrogen-bond acceptors (Lipinski definition) is 3. The summed E-state index contributed by atoms with van der Waals surface area (Å²) in [5.74, 6) is 0.749. The lowest BCUT2D eigenvalue weighted by Crippen LogP contribution is -2.50. The first-order valence-electron chi connectivity index (χ1n) is 5.93. The molecular weight excluding hydrogens is 198 g/mol. The zero-order valence-corrected chi connectivity index (χ0v) is 9.87. The van der Waals surface area contributed by atoms with Crippen LogP contribution < -0.4 is 16.8 Å². The normalized spacial score (nSPS) is 19.4. The molecule has 0 radical (unpaired) electrons. The van der Waals surface area contributed by atoms with Crippen molar-refractivity contribution < 1.29 is 0 Å². The fourth-order valence-corrected chi connectivity index (χ4v) is 2.11. The van der Waals surface area contributed by atoms with Gasteiger partial charge in [0.1, 0.15) is 0 Å². The standard InChI is InChI=1S/C13H21N3/c1-13(9-14,11-5-6-11)16-8-10-3-2-4-12(15)7-10/h2-4,7,11,16H,5-6,8-9,14-15H2,1H3. The lowest BCUT2D eigenvalue weighted by molar-refractivity contribution is 0.317. The van der Waals surface area contributed by atoms with Crippen LogP contribution in [0.2, 0.25) is 0 Å². The molecule has 1 aliphatic rings. The summed E-state index contributed by atoms with van der Waals surface area (Å²) in [5, 5.41) is 3.57. The molecule has 0 amide bonds. The summed E-state index contributed by atoms with van der Waals surface area (Å²) >= 11 is 0. The Balaban J connectivity index is 1.95. The highest BCUT2D eigenvalue weighted by atomic mass is 15.0. The van der Waals surface area contributed by atoms with Crippen molar-refractivity contribution in [2.75, 3.05) is 12.3 Å². The van der Waals surface area contributed by atoms with Crippen LogP contribution in [0.25, 0.3) is 0 Å². The third-order valence-electron chi connectivity index (χ3n) is 3.55. The largest absolute Gasteiger partial charge is 0.399 e. The van der Waals surface area contributed by atoms with E-state index in [0.717, 1.165) is 18.2 Å². The number of nitrogen functional groups attached to an aromatic ring is 1. The van der Waals surface area contributed by atoms with Gasteiger partial charge in [0.25, 0.3) is 0 Å². The van der Waals surface area contributed by atoms with Crippen LogP contribution in [0.5, 0.6) is 0 Å². The van der Waals surface area contributed by atoms with Gasteiger partial charge in [0.15, 0.2) is 0 Å². The molecule has 1 aromatic carbocycles. The predicted molar refractivity (Wildman–Crippen MR) is 67.9 cm³/mol. The van der Waals surface area contributed by atoms with Crippen molar-refractivity contribution in [2.45, 2.75) is 31.8 Å². The Morgan fingerprint density at radius 2 is 2.19 bits per heavy atom. The van der Waals surface area contributed by atoms with Gasteiger partial charge in [-0.3, -0.25) is 0 Å². The Morgan fingerprint density at radius 3 is 2.75 bits per heavy atom. The van der Waals surface area contributed by atoms with Crippen molar-refractivity contribution >= 4 is 5.69 Å². The highest BCUT2D eigenvalue weighted by Crippen LogP contribution is 2.39. The average Bonchev–Trinajstić information content (AvgIpc) is 3.10. The summed E-state index contributed by atoms with van der Waals surface area (Å²) in [5.41, 5.74) is 13.7. The van der Waals surface area contributed by atoms with E-state index in [-0.39, 0.29) is 5.54 Å². The number of nitrogens with two attached hydrogens (primary N) is 2. The molecule has 1 fully saturated rings. The van der Waals surface area contributed by atoms with E-state index >= 15 is 0 Å². The first-order valence-corrected chi connectivity index (χ1v) is 5.93. The maximum Gasteiger partial charge on any atom is 0.0317 e. The number of anilines is 1. The quantitative estimate of drug-likeness (QED) is 0.657. The van der Waals surface area contributed by atoms with Gasteiger partial charge in [-0.2, -0.15) is 0 Å². The lowest BCUT2D eigenvalue weighted by atomic mass is 9.95. The third-order valence-corrected chi connectivity index (χ3v) is 3.55. The number of nitrogens with one attached hydrogen (secondary N) is 1. The third kappa shape index (κ3) is 2.54. The van der Waals surface area contributed by atoms with Crippen molar-refractivity contribution in [1.82, 2.24) is 5.32 Å². The van der Waals surface area contributed by atoms with Gasteiger partial charge in [0.2, 0.25) is 0 Å². The second-order valence-electron chi connectivity index (χ2n) is 4.99. The Hall–Kier alpha value is -1.06. The minimum absolute atomic E-state index is 0.0879. The Kier molecular flexibility index (Phi) is 3.17. The summed E-state index contributed by atoms with van der Waals surface area (Å²) in [7, 11) is 0. The molecule has 0 aliphatic heterocycles. The summed E-state index contributed by atoms with van der Waals surface area (Å²) in [6.07, 6.45) is 2.61. The van der Waals surface area contributed by atoms with Gasteiger partial charge < -0.3 is 16.8 Å². The van der Waals surface area contributed by atoms with Crippen molar-refractivity contribution in [3.05, 3.63) is 29.8 Å².